The fourth-order valence-electron chi connectivity index (χ4n) is 6.02. The highest BCUT2D eigenvalue weighted by molar-refractivity contribution is 7.83. The lowest BCUT2D eigenvalue weighted by atomic mass is 9.75. The lowest BCUT2D eigenvalue weighted by molar-refractivity contribution is -0.157. The van der Waals surface area contributed by atoms with Gasteiger partial charge < -0.3 is 19.5 Å². The van der Waals surface area contributed by atoms with Gasteiger partial charge in [0, 0.05) is 31.9 Å². The van der Waals surface area contributed by atoms with Crippen LogP contribution in [0.5, 0.6) is 0 Å². The average Bonchev–Trinajstić information content (AvgIpc) is 3.15. The van der Waals surface area contributed by atoms with Gasteiger partial charge in [-0.25, -0.2) is 4.67 Å². The summed E-state index contributed by atoms with van der Waals surface area (Å²) in [5.74, 6) is -0.338. The molecular formula is C38H41ClN5O5P. The van der Waals surface area contributed by atoms with E-state index < -0.39 is 30.7 Å². The van der Waals surface area contributed by atoms with Gasteiger partial charge in [0.25, 0.3) is 5.91 Å². The van der Waals surface area contributed by atoms with Crippen molar-refractivity contribution in [1.29, 1.82) is 0 Å². The summed E-state index contributed by atoms with van der Waals surface area (Å²) in [5.41, 5.74) is 2.81. The molecule has 1 aliphatic heterocycles. The third kappa shape index (κ3) is 8.65. The Bertz CT molecular complexity index is 1720. The van der Waals surface area contributed by atoms with E-state index in [1.807, 2.05) is 72.6 Å². The fourth-order valence-corrected chi connectivity index (χ4v) is 6.77. The van der Waals surface area contributed by atoms with Crippen LogP contribution in [0.25, 0.3) is 0 Å². The van der Waals surface area contributed by atoms with Crippen molar-refractivity contribution >= 4 is 36.3 Å². The molecule has 10 nitrogen and oxygen atoms in total. The molecule has 12 heteroatoms. The van der Waals surface area contributed by atoms with Crippen LogP contribution < -0.4 is 5.32 Å². The zero-order chi connectivity index (χ0) is 35.6. The van der Waals surface area contributed by atoms with Gasteiger partial charge in [-0.05, 0) is 60.2 Å². The number of morpholine rings is 1. The number of likely N-dealkylation sites (N-methyl/N-ethyl adjacent to an activating group) is 1. The topological polar surface area (TPSA) is 104 Å². The van der Waals surface area contributed by atoms with Crippen LogP contribution in [-0.2, 0) is 24.2 Å². The zero-order valence-electron chi connectivity index (χ0n) is 28.2. The largest absolute Gasteiger partial charge is 0.362 e. The van der Waals surface area contributed by atoms with E-state index in [1.54, 1.807) is 50.6 Å². The number of carbonyl (C=O) groups excluding carboxylic acids is 2. The summed E-state index contributed by atoms with van der Waals surface area (Å²) in [6, 6.07) is 39.6. The molecule has 1 N–H and O–H groups in total. The highest BCUT2D eigenvalue weighted by Crippen LogP contribution is 2.54. The van der Waals surface area contributed by atoms with Crippen molar-refractivity contribution < 1.29 is 23.4 Å². The SMILES string of the molecule is CN(/C=C\C(=NC=O)NC(=O)c1ccccc1)C1CN(C(c2ccccc2)(c2ccccc2)c2ccccc2)CC(COP(=O)(Cl)N(C)C)O1. The van der Waals surface area contributed by atoms with Crippen LogP contribution in [0.2, 0.25) is 0 Å². The molecule has 50 heavy (non-hydrogen) atoms. The van der Waals surface area contributed by atoms with Crippen molar-refractivity contribution in [3.05, 3.63) is 156 Å². The van der Waals surface area contributed by atoms with Gasteiger partial charge in [-0.2, -0.15) is 4.99 Å². The van der Waals surface area contributed by atoms with E-state index >= 15 is 0 Å². The molecule has 4 aromatic carbocycles. The molecule has 3 unspecified atom stereocenters. The van der Waals surface area contributed by atoms with E-state index in [1.165, 1.54) is 4.67 Å². The van der Waals surface area contributed by atoms with Gasteiger partial charge in [0.2, 0.25) is 6.41 Å². The number of amides is 2. The Labute approximate surface area is 298 Å². The average molecular weight is 714 g/mol. The highest BCUT2D eigenvalue weighted by Gasteiger charge is 2.46. The molecule has 5 rings (SSSR count). The van der Waals surface area contributed by atoms with Crippen LogP contribution in [0.1, 0.15) is 27.0 Å². The Morgan fingerprint density at radius 1 is 0.900 bits per heavy atom. The van der Waals surface area contributed by atoms with Gasteiger partial charge in [-0.3, -0.25) is 19.1 Å². The summed E-state index contributed by atoms with van der Waals surface area (Å²) in [5, 5.41) is 2.69. The lowest BCUT2D eigenvalue weighted by Crippen LogP contribution is -2.60. The minimum absolute atomic E-state index is 0.0387. The molecule has 0 spiro atoms. The van der Waals surface area contributed by atoms with E-state index in [0.29, 0.717) is 25.1 Å². The third-order valence-electron chi connectivity index (χ3n) is 8.49. The highest BCUT2D eigenvalue weighted by atomic mass is 35.7. The number of benzene rings is 4. The van der Waals surface area contributed by atoms with Crippen molar-refractivity contribution in [2.45, 2.75) is 17.9 Å². The van der Waals surface area contributed by atoms with E-state index in [2.05, 4.69) is 51.6 Å². The van der Waals surface area contributed by atoms with Gasteiger partial charge in [0.1, 0.15) is 12.1 Å². The molecule has 1 saturated heterocycles. The number of nitrogens with zero attached hydrogens (tertiary/aromatic N) is 4. The molecule has 1 fully saturated rings. The number of halogens is 1. The molecule has 2 amide bonds. The van der Waals surface area contributed by atoms with Gasteiger partial charge in [-0.15, -0.1) is 0 Å². The number of rotatable bonds is 13. The Balaban J connectivity index is 1.54. The molecule has 1 aliphatic rings. The summed E-state index contributed by atoms with van der Waals surface area (Å²) in [7, 11) is 5.04. The second kappa shape index (κ2) is 17.0. The van der Waals surface area contributed by atoms with E-state index in [0.717, 1.165) is 16.7 Å². The van der Waals surface area contributed by atoms with Gasteiger partial charge >= 0.3 is 6.87 Å². The second-order valence-electron chi connectivity index (χ2n) is 11.9. The lowest BCUT2D eigenvalue weighted by Gasteiger charge is -2.51. The van der Waals surface area contributed by atoms with Crippen LogP contribution in [0.4, 0.5) is 0 Å². The van der Waals surface area contributed by atoms with Gasteiger partial charge in [0.15, 0.2) is 0 Å². The first kappa shape index (κ1) is 36.9. The maximum atomic E-state index is 13.0. The van der Waals surface area contributed by atoms with Crippen LogP contribution in [0.15, 0.2) is 139 Å². The molecule has 0 saturated carbocycles. The minimum Gasteiger partial charge on any atom is -0.354 e. The summed E-state index contributed by atoms with van der Waals surface area (Å²) in [6.45, 7) is -2.81. The molecule has 4 aromatic rings. The standard InChI is InChI=1S/C38H41ClN5O5P/c1-42(2)50(39,47)48-28-34-26-44(27-36(49-34)43(3)25-24-35(40-29-45)41-37(46)30-16-8-4-9-17-30)38(31-18-10-5-11-19-31,32-20-12-6-13-21-32)33-22-14-7-15-23-33/h4-25,29,34,36H,26-28H2,1-3H3,(H,40,41,45,46)/b25-24-. The van der Waals surface area contributed by atoms with E-state index in [4.69, 9.17) is 20.5 Å². The van der Waals surface area contributed by atoms with Gasteiger partial charge in [0.05, 0.1) is 18.2 Å². The summed E-state index contributed by atoms with van der Waals surface area (Å²) >= 11 is 6.30. The predicted molar refractivity (Wildman–Crippen MR) is 197 cm³/mol. The molecular weight excluding hydrogens is 673 g/mol. The first-order chi connectivity index (χ1) is 24.1. The van der Waals surface area contributed by atoms with E-state index in [-0.39, 0.29) is 12.4 Å². The monoisotopic (exact) mass is 713 g/mol. The molecule has 260 valence electrons. The molecule has 1 heterocycles. The number of carbonyl (C=O) groups is 2. The number of hydrogen-bond donors (Lipinski definition) is 1. The molecule has 0 bridgehead atoms. The quantitative estimate of drug-likeness (QED) is 0.0562. The Morgan fingerprint density at radius 3 is 1.88 bits per heavy atom. The number of hydrogen-bond acceptors (Lipinski definition) is 7. The third-order valence-corrected chi connectivity index (χ3v) is 11.1. The maximum Gasteiger partial charge on any atom is 0.362 e. The molecule has 0 radical (unpaired) electrons. The van der Waals surface area contributed by atoms with Crippen molar-refractivity contribution in [2.24, 2.45) is 4.99 Å². The van der Waals surface area contributed by atoms with Crippen molar-refractivity contribution in [3.8, 4) is 0 Å². The molecule has 0 aromatic heterocycles. The first-order valence-electron chi connectivity index (χ1n) is 16.1. The molecule has 3 atom stereocenters. The van der Waals surface area contributed by atoms with Crippen LogP contribution in [0.3, 0.4) is 0 Å². The van der Waals surface area contributed by atoms with Crippen molar-refractivity contribution in [3.63, 3.8) is 0 Å². The number of amidine groups is 1. The van der Waals surface area contributed by atoms with Crippen LogP contribution >= 0.6 is 18.1 Å². The number of ether oxygens (including phenoxy) is 1. The zero-order valence-corrected chi connectivity index (χ0v) is 29.9. The first-order valence-corrected chi connectivity index (χ1v) is 18.6. The predicted octanol–water partition coefficient (Wildman–Crippen LogP) is 6.36. The normalized spacial score (nSPS) is 18.5. The number of aliphatic imine (C=N–C) groups is 1. The van der Waals surface area contributed by atoms with Crippen LogP contribution in [-0.4, -0.2) is 85.8 Å². The Hall–Kier alpha value is -4.41. The summed E-state index contributed by atoms with van der Waals surface area (Å²) in [4.78, 5) is 32.3. The second-order valence-corrected chi connectivity index (χ2v) is 15.2. The fraction of sp³-hybridized carbons (Fsp3) is 0.237. The van der Waals surface area contributed by atoms with Crippen LogP contribution in [0, 0.1) is 0 Å². The summed E-state index contributed by atoms with van der Waals surface area (Å²) in [6.07, 6.45) is 2.48. The summed E-state index contributed by atoms with van der Waals surface area (Å²) < 4.78 is 26.8. The smallest absolute Gasteiger partial charge is 0.354 e. The van der Waals surface area contributed by atoms with E-state index in [9.17, 15) is 14.2 Å². The Morgan fingerprint density at radius 2 is 1.40 bits per heavy atom. The van der Waals surface area contributed by atoms with Gasteiger partial charge in [-0.1, -0.05) is 109 Å². The number of nitrogens with one attached hydrogen (secondary N) is 1. The maximum absolute atomic E-state index is 13.0. The minimum atomic E-state index is -3.59. The van der Waals surface area contributed by atoms with Crippen molar-refractivity contribution in [1.82, 2.24) is 19.8 Å². The Kier molecular flexibility index (Phi) is 12.5. The molecule has 0 aliphatic carbocycles. The van der Waals surface area contributed by atoms with Crippen molar-refractivity contribution in [2.75, 3.05) is 40.8 Å².